The Bertz CT molecular complexity index is 852. The van der Waals surface area contributed by atoms with E-state index in [1.165, 1.54) is 42.7 Å². The molecule has 1 aromatic heterocycles. The smallest absolute Gasteiger partial charge is 0.356 e. The van der Waals surface area contributed by atoms with Gasteiger partial charge in [-0.3, -0.25) is 4.79 Å². The Morgan fingerprint density at radius 2 is 1.90 bits per heavy atom. The van der Waals surface area contributed by atoms with Gasteiger partial charge in [-0.1, -0.05) is 37.7 Å². The summed E-state index contributed by atoms with van der Waals surface area (Å²) in [6.07, 6.45) is -1.89. The molecule has 0 aliphatic carbocycles. The Balaban J connectivity index is 1.62. The number of benzene rings is 1. The van der Waals surface area contributed by atoms with Crippen molar-refractivity contribution in [3.8, 4) is 0 Å². The second kappa shape index (κ2) is 9.02. The number of anilines is 2. The fourth-order valence-corrected chi connectivity index (χ4v) is 4.26. The molecule has 0 spiro atoms. The SMILES string of the molecule is C[C@@H]1C[C@H](C)CN(c2cc(SCC(=O)Nc3ccccc3C(F)(F)F)ncn2)C1. The average Bonchev–Trinajstić information content (AvgIpc) is 2.65. The second-order valence-electron chi connectivity index (χ2n) is 7.45. The van der Waals surface area contributed by atoms with Crippen LogP contribution in [-0.2, 0) is 11.0 Å². The maximum atomic E-state index is 13.0. The highest BCUT2D eigenvalue weighted by Crippen LogP contribution is 2.34. The van der Waals surface area contributed by atoms with Gasteiger partial charge in [0, 0.05) is 19.2 Å². The van der Waals surface area contributed by atoms with Gasteiger partial charge < -0.3 is 10.2 Å². The first kappa shape index (κ1) is 21.4. The quantitative estimate of drug-likeness (QED) is 0.557. The van der Waals surface area contributed by atoms with E-state index in [1.807, 2.05) is 6.07 Å². The molecule has 2 heterocycles. The molecule has 1 amide bonds. The largest absolute Gasteiger partial charge is 0.418 e. The third-order valence-electron chi connectivity index (χ3n) is 4.68. The molecule has 1 saturated heterocycles. The minimum absolute atomic E-state index is 0.0462. The molecule has 1 aliphatic rings. The molecule has 156 valence electrons. The van der Waals surface area contributed by atoms with Crippen LogP contribution >= 0.6 is 11.8 Å². The molecule has 1 N–H and O–H groups in total. The summed E-state index contributed by atoms with van der Waals surface area (Å²) in [7, 11) is 0. The molecule has 1 fully saturated rings. The van der Waals surface area contributed by atoms with Gasteiger partial charge in [0.25, 0.3) is 0 Å². The first-order valence-electron chi connectivity index (χ1n) is 9.38. The topological polar surface area (TPSA) is 58.1 Å². The second-order valence-corrected chi connectivity index (χ2v) is 8.44. The minimum Gasteiger partial charge on any atom is -0.356 e. The number of rotatable bonds is 5. The third kappa shape index (κ3) is 5.85. The van der Waals surface area contributed by atoms with Crippen molar-refractivity contribution in [3.05, 3.63) is 42.2 Å². The van der Waals surface area contributed by atoms with Gasteiger partial charge in [0.2, 0.25) is 5.91 Å². The van der Waals surface area contributed by atoms with Gasteiger partial charge >= 0.3 is 6.18 Å². The molecule has 9 heteroatoms. The van der Waals surface area contributed by atoms with E-state index in [2.05, 4.69) is 34.0 Å². The highest BCUT2D eigenvalue weighted by atomic mass is 32.2. The first-order valence-corrected chi connectivity index (χ1v) is 10.4. The van der Waals surface area contributed by atoms with Crippen LogP contribution in [0.4, 0.5) is 24.7 Å². The van der Waals surface area contributed by atoms with Gasteiger partial charge in [0.15, 0.2) is 0 Å². The van der Waals surface area contributed by atoms with Crippen LogP contribution in [0.1, 0.15) is 25.8 Å². The maximum absolute atomic E-state index is 13.0. The zero-order valence-electron chi connectivity index (χ0n) is 16.2. The summed E-state index contributed by atoms with van der Waals surface area (Å²) < 4.78 is 39.1. The van der Waals surface area contributed by atoms with Gasteiger partial charge in [0.05, 0.1) is 17.0 Å². The van der Waals surface area contributed by atoms with Crippen LogP contribution in [0.2, 0.25) is 0 Å². The molecule has 29 heavy (non-hydrogen) atoms. The molecule has 5 nitrogen and oxygen atoms in total. The van der Waals surface area contributed by atoms with E-state index in [-0.39, 0.29) is 11.4 Å². The molecule has 3 rings (SSSR count). The summed E-state index contributed by atoms with van der Waals surface area (Å²) in [6, 6.07) is 6.76. The number of hydrogen-bond acceptors (Lipinski definition) is 5. The van der Waals surface area contributed by atoms with Gasteiger partial charge in [-0.25, -0.2) is 9.97 Å². The number of carbonyl (C=O) groups is 1. The van der Waals surface area contributed by atoms with E-state index in [4.69, 9.17) is 0 Å². The van der Waals surface area contributed by atoms with Crippen molar-refractivity contribution in [1.29, 1.82) is 0 Å². The lowest BCUT2D eigenvalue weighted by atomic mass is 9.92. The average molecular weight is 424 g/mol. The van der Waals surface area contributed by atoms with E-state index in [0.29, 0.717) is 16.9 Å². The van der Waals surface area contributed by atoms with Crippen molar-refractivity contribution in [2.75, 3.05) is 29.1 Å². The highest BCUT2D eigenvalue weighted by Gasteiger charge is 2.33. The lowest BCUT2D eigenvalue weighted by Crippen LogP contribution is -2.39. The van der Waals surface area contributed by atoms with Gasteiger partial charge in [-0.05, 0) is 30.4 Å². The number of nitrogens with one attached hydrogen (secondary N) is 1. The standard InChI is InChI=1S/C20H23F3N4OS/c1-13-7-14(2)10-27(9-13)17-8-19(25-12-24-17)29-11-18(28)26-16-6-4-3-5-15(16)20(21,22)23/h3-6,8,12-14H,7,9-11H2,1-2H3,(H,26,28)/t13-,14+. The lowest BCUT2D eigenvalue weighted by Gasteiger charge is -2.35. The van der Waals surface area contributed by atoms with Crippen molar-refractivity contribution in [2.24, 2.45) is 11.8 Å². The zero-order valence-corrected chi connectivity index (χ0v) is 17.1. The fraction of sp³-hybridized carbons (Fsp3) is 0.450. The van der Waals surface area contributed by atoms with Crippen LogP contribution in [0.25, 0.3) is 0 Å². The van der Waals surface area contributed by atoms with Gasteiger partial charge in [-0.15, -0.1) is 0 Å². The summed E-state index contributed by atoms with van der Waals surface area (Å²) >= 11 is 1.17. The van der Waals surface area contributed by atoms with Crippen LogP contribution in [0.15, 0.2) is 41.7 Å². The Kier molecular flexibility index (Phi) is 6.66. The Morgan fingerprint density at radius 1 is 1.21 bits per heavy atom. The lowest BCUT2D eigenvalue weighted by molar-refractivity contribution is -0.137. The Labute approximate surface area is 172 Å². The highest BCUT2D eigenvalue weighted by molar-refractivity contribution is 7.99. The number of thioether (sulfide) groups is 1. The fourth-order valence-electron chi connectivity index (χ4n) is 3.60. The predicted octanol–water partition coefficient (Wildman–Crippen LogP) is 4.71. The van der Waals surface area contributed by atoms with Crippen LogP contribution < -0.4 is 10.2 Å². The Morgan fingerprint density at radius 3 is 2.59 bits per heavy atom. The molecule has 2 aromatic rings. The maximum Gasteiger partial charge on any atom is 0.418 e. The first-order chi connectivity index (χ1) is 13.7. The number of amides is 1. The van der Waals surface area contributed by atoms with Crippen LogP contribution in [-0.4, -0.2) is 34.7 Å². The number of aromatic nitrogens is 2. The summed E-state index contributed by atoms with van der Waals surface area (Å²) in [6.45, 7) is 6.26. The van der Waals surface area contributed by atoms with E-state index >= 15 is 0 Å². The molecule has 0 unspecified atom stereocenters. The summed E-state index contributed by atoms with van der Waals surface area (Å²) in [5, 5.41) is 2.95. The molecular weight excluding hydrogens is 401 g/mol. The number of nitrogens with zero attached hydrogens (tertiary/aromatic N) is 3. The number of piperidine rings is 1. The third-order valence-corrected chi connectivity index (χ3v) is 5.60. The predicted molar refractivity (Wildman–Crippen MR) is 108 cm³/mol. The van der Waals surface area contributed by atoms with Crippen molar-refractivity contribution in [2.45, 2.75) is 31.5 Å². The molecule has 1 aromatic carbocycles. The number of para-hydroxylation sites is 1. The van der Waals surface area contributed by atoms with E-state index in [9.17, 15) is 18.0 Å². The normalized spacial score (nSPS) is 19.8. The molecule has 0 saturated carbocycles. The minimum atomic E-state index is -4.53. The van der Waals surface area contributed by atoms with Gasteiger partial charge in [0.1, 0.15) is 17.2 Å². The van der Waals surface area contributed by atoms with Crippen LogP contribution in [0.3, 0.4) is 0 Å². The molecule has 1 aliphatic heterocycles. The van der Waals surface area contributed by atoms with E-state index in [0.717, 1.165) is 25.0 Å². The van der Waals surface area contributed by atoms with Crippen molar-refractivity contribution < 1.29 is 18.0 Å². The summed E-state index contributed by atoms with van der Waals surface area (Å²) in [4.78, 5) is 22.9. The molecule has 2 atom stereocenters. The number of hydrogen-bond donors (Lipinski definition) is 1. The molecule has 0 radical (unpaired) electrons. The van der Waals surface area contributed by atoms with Crippen LogP contribution in [0.5, 0.6) is 0 Å². The van der Waals surface area contributed by atoms with Crippen LogP contribution in [0, 0.1) is 11.8 Å². The Hall–Kier alpha value is -2.29. The van der Waals surface area contributed by atoms with E-state index in [1.54, 1.807) is 0 Å². The number of halogens is 3. The number of alkyl halides is 3. The van der Waals surface area contributed by atoms with Gasteiger partial charge in [-0.2, -0.15) is 13.2 Å². The molecular formula is C20H23F3N4OS. The monoisotopic (exact) mass is 424 g/mol. The van der Waals surface area contributed by atoms with Crippen molar-refractivity contribution >= 4 is 29.2 Å². The number of carbonyl (C=O) groups excluding carboxylic acids is 1. The van der Waals surface area contributed by atoms with E-state index < -0.39 is 17.6 Å². The van der Waals surface area contributed by atoms with Crippen molar-refractivity contribution in [1.82, 2.24) is 9.97 Å². The summed E-state index contributed by atoms with van der Waals surface area (Å²) in [5.74, 6) is 1.39. The summed E-state index contributed by atoms with van der Waals surface area (Å²) in [5.41, 5.74) is -1.11. The zero-order chi connectivity index (χ0) is 21.0. The van der Waals surface area contributed by atoms with Crippen molar-refractivity contribution in [3.63, 3.8) is 0 Å². The molecule has 0 bridgehead atoms.